The zero-order valence-electron chi connectivity index (χ0n) is 10.2. The highest BCUT2D eigenvalue weighted by molar-refractivity contribution is 6.30. The number of carbonyl (C=O) groups excluding carboxylic acids is 1. The van der Waals surface area contributed by atoms with E-state index in [9.17, 15) is 4.79 Å². The minimum absolute atomic E-state index is 0.00662. The predicted molar refractivity (Wildman–Crippen MR) is 70.9 cm³/mol. The van der Waals surface area contributed by atoms with Crippen molar-refractivity contribution in [2.24, 2.45) is 5.73 Å². The van der Waals surface area contributed by atoms with Crippen LogP contribution < -0.4 is 11.1 Å². The average Bonchev–Trinajstić information content (AvgIpc) is 2.27. The van der Waals surface area contributed by atoms with Crippen LogP contribution in [0.5, 0.6) is 0 Å². The highest BCUT2D eigenvalue weighted by Crippen LogP contribution is 2.16. The SMILES string of the molecule is CC(N)CCC(=O)N[C@H](C)c1ccc(Cl)cc1. The van der Waals surface area contributed by atoms with E-state index in [0.717, 1.165) is 5.56 Å². The molecule has 0 aliphatic heterocycles. The fraction of sp³-hybridized carbons (Fsp3) is 0.462. The maximum Gasteiger partial charge on any atom is 0.220 e. The number of amides is 1. The van der Waals surface area contributed by atoms with Gasteiger partial charge in [-0.1, -0.05) is 23.7 Å². The van der Waals surface area contributed by atoms with Gasteiger partial charge in [0.25, 0.3) is 0 Å². The maximum absolute atomic E-state index is 11.6. The van der Waals surface area contributed by atoms with Crippen LogP contribution in [0.4, 0.5) is 0 Å². The van der Waals surface area contributed by atoms with Crippen LogP contribution in [0.25, 0.3) is 0 Å². The van der Waals surface area contributed by atoms with E-state index in [0.29, 0.717) is 17.9 Å². The molecule has 0 saturated carbocycles. The Morgan fingerprint density at radius 2 is 1.94 bits per heavy atom. The van der Waals surface area contributed by atoms with Crippen LogP contribution in [0.1, 0.15) is 38.3 Å². The molecular formula is C13H19ClN2O. The zero-order chi connectivity index (χ0) is 12.8. The lowest BCUT2D eigenvalue weighted by Crippen LogP contribution is -2.28. The van der Waals surface area contributed by atoms with Crippen molar-refractivity contribution >= 4 is 17.5 Å². The molecule has 2 atom stereocenters. The lowest BCUT2D eigenvalue weighted by molar-refractivity contribution is -0.121. The number of hydrogen-bond acceptors (Lipinski definition) is 2. The molecule has 1 rings (SSSR count). The van der Waals surface area contributed by atoms with E-state index < -0.39 is 0 Å². The van der Waals surface area contributed by atoms with E-state index >= 15 is 0 Å². The molecule has 1 unspecified atom stereocenters. The van der Waals surface area contributed by atoms with Gasteiger partial charge in [0.15, 0.2) is 0 Å². The van der Waals surface area contributed by atoms with Crippen LogP contribution in [0, 0.1) is 0 Å². The number of rotatable bonds is 5. The summed E-state index contributed by atoms with van der Waals surface area (Å²) in [6.07, 6.45) is 1.18. The van der Waals surface area contributed by atoms with E-state index in [1.54, 1.807) is 0 Å². The molecule has 0 spiro atoms. The molecule has 3 N–H and O–H groups in total. The number of halogens is 1. The van der Waals surface area contributed by atoms with Gasteiger partial charge in [-0.15, -0.1) is 0 Å². The Morgan fingerprint density at radius 3 is 2.47 bits per heavy atom. The molecule has 0 aliphatic carbocycles. The van der Waals surface area contributed by atoms with Crippen molar-refractivity contribution in [2.45, 2.75) is 38.8 Å². The summed E-state index contributed by atoms with van der Waals surface area (Å²) in [6.45, 7) is 3.85. The molecule has 0 saturated heterocycles. The van der Waals surface area contributed by atoms with E-state index in [4.69, 9.17) is 17.3 Å². The van der Waals surface area contributed by atoms with E-state index in [-0.39, 0.29) is 18.0 Å². The van der Waals surface area contributed by atoms with Gasteiger partial charge in [-0.05, 0) is 38.0 Å². The van der Waals surface area contributed by atoms with Crippen molar-refractivity contribution < 1.29 is 4.79 Å². The van der Waals surface area contributed by atoms with Crippen LogP contribution in [-0.4, -0.2) is 11.9 Å². The van der Waals surface area contributed by atoms with Crippen LogP contribution >= 0.6 is 11.6 Å². The van der Waals surface area contributed by atoms with E-state index in [2.05, 4.69) is 5.32 Å². The molecule has 0 bridgehead atoms. The van der Waals surface area contributed by atoms with Gasteiger partial charge in [0, 0.05) is 17.5 Å². The van der Waals surface area contributed by atoms with Gasteiger partial charge in [0.05, 0.1) is 6.04 Å². The Morgan fingerprint density at radius 1 is 1.35 bits per heavy atom. The highest BCUT2D eigenvalue weighted by atomic mass is 35.5. The van der Waals surface area contributed by atoms with Gasteiger partial charge in [-0.3, -0.25) is 4.79 Å². The third-order valence-electron chi connectivity index (χ3n) is 2.57. The smallest absolute Gasteiger partial charge is 0.220 e. The molecule has 0 heterocycles. The Bertz CT molecular complexity index is 362. The Labute approximate surface area is 107 Å². The summed E-state index contributed by atoms with van der Waals surface area (Å²) in [6, 6.07) is 7.53. The summed E-state index contributed by atoms with van der Waals surface area (Å²) in [5.41, 5.74) is 6.65. The molecule has 94 valence electrons. The maximum atomic E-state index is 11.6. The largest absolute Gasteiger partial charge is 0.350 e. The first-order valence-corrected chi connectivity index (χ1v) is 6.17. The predicted octanol–water partition coefficient (Wildman–Crippen LogP) is 2.64. The number of nitrogens with one attached hydrogen (secondary N) is 1. The molecule has 3 nitrogen and oxygen atoms in total. The molecule has 1 aromatic carbocycles. The normalized spacial score (nSPS) is 14.1. The standard InChI is InChI=1S/C13H19ClN2O/c1-9(15)3-8-13(17)16-10(2)11-4-6-12(14)7-5-11/h4-7,9-10H,3,8,15H2,1-2H3,(H,16,17)/t9?,10-/m1/s1. The summed E-state index contributed by atoms with van der Waals surface area (Å²) >= 11 is 5.81. The molecule has 1 aromatic rings. The van der Waals surface area contributed by atoms with Crippen LogP contribution in [0.15, 0.2) is 24.3 Å². The van der Waals surface area contributed by atoms with Gasteiger partial charge in [0.2, 0.25) is 5.91 Å². The number of hydrogen-bond donors (Lipinski definition) is 2. The Hall–Kier alpha value is -1.06. The molecule has 0 fully saturated rings. The van der Waals surface area contributed by atoms with Crippen LogP contribution in [0.2, 0.25) is 5.02 Å². The minimum Gasteiger partial charge on any atom is -0.350 e. The summed E-state index contributed by atoms with van der Waals surface area (Å²) in [4.78, 5) is 11.6. The van der Waals surface area contributed by atoms with Gasteiger partial charge < -0.3 is 11.1 Å². The average molecular weight is 255 g/mol. The Balaban J connectivity index is 2.46. The third kappa shape index (κ3) is 5.20. The van der Waals surface area contributed by atoms with Crippen molar-refractivity contribution in [1.82, 2.24) is 5.32 Å². The van der Waals surface area contributed by atoms with Gasteiger partial charge >= 0.3 is 0 Å². The van der Waals surface area contributed by atoms with Gasteiger partial charge in [-0.25, -0.2) is 0 Å². The Kier molecular flexibility index (Phi) is 5.45. The van der Waals surface area contributed by atoms with Crippen molar-refractivity contribution in [2.75, 3.05) is 0 Å². The summed E-state index contributed by atoms with van der Waals surface area (Å²) in [5.74, 6) is 0.0322. The number of nitrogens with two attached hydrogens (primary N) is 1. The second kappa shape index (κ2) is 6.62. The van der Waals surface area contributed by atoms with Crippen molar-refractivity contribution in [3.05, 3.63) is 34.9 Å². The molecule has 17 heavy (non-hydrogen) atoms. The first-order valence-electron chi connectivity index (χ1n) is 5.79. The monoisotopic (exact) mass is 254 g/mol. The highest BCUT2D eigenvalue weighted by Gasteiger charge is 2.09. The topological polar surface area (TPSA) is 55.1 Å². The second-order valence-corrected chi connectivity index (χ2v) is 4.79. The first kappa shape index (κ1) is 14.0. The first-order chi connectivity index (χ1) is 7.99. The fourth-order valence-corrected chi connectivity index (χ4v) is 1.63. The van der Waals surface area contributed by atoms with E-state index in [1.165, 1.54) is 0 Å². The zero-order valence-corrected chi connectivity index (χ0v) is 11.0. The third-order valence-corrected chi connectivity index (χ3v) is 2.83. The quantitative estimate of drug-likeness (QED) is 0.849. The van der Waals surface area contributed by atoms with Crippen molar-refractivity contribution in [3.63, 3.8) is 0 Å². The fourth-order valence-electron chi connectivity index (χ4n) is 1.51. The van der Waals surface area contributed by atoms with Gasteiger partial charge in [0.1, 0.15) is 0 Å². The van der Waals surface area contributed by atoms with Crippen molar-refractivity contribution in [3.8, 4) is 0 Å². The van der Waals surface area contributed by atoms with Crippen LogP contribution in [-0.2, 0) is 4.79 Å². The summed E-state index contributed by atoms with van der Waals surface area (Å²) < 4.78 is 0. The number of benzene rings is 1. The lowest BCUT2D eigenvalue weighted by atomic mass is 10.1. The minimum atomic E-state index is -0.00662. The molecule has 0 radical (unpaired) electrons. The summed E-state index contributed by atoms with van der Waals surface area (Å²) in [5, 5.41) is 3.63. The molecular weight excluding hydrogens is 236 g/mol. The van der Waals surface area contributed by atoms with Crippen LogP contribution in [0.3, 0.4) is 0 Å². The summed E-state index contributed by atoms with van der Waals surface area (Å²) in [7, 11) is 0. The van der Waals surface area contributed by atoms with Gasteiger partial charge in [-0.2, -0.15) is 0 Å². The molecule has 0 aromatic heterocycles. The van der Waals surface area contributed by atoms with Crippen molar-refractivity contribution in [1.29, 1.82) is 0 Å². The molecule has 0 aliphatic rings. The number of carbonyl (C=O) groups is 1. The molecule has 1 amide bonds. The van der Waals surface area contributed by atoms with E-state index in [1.807, 2.05) is 38.1 Å². The second-order valence-electron chi connectivity index (χ2n) is 4.36. The lowest BCUT2D eigenvalue weighted by Gasteiger charge is -2.15. The molecule has 4 heteroatoms.